The molecule has 0 amide bonds. The highest BCUT2D eigenvalue weighted by molar-refractivity contribution is 5.45. The Labute approximate surface area is 199 Å². The van der Waals surface area contributed by atoms with Crippen LogP contribution >= 0.6 is 0 Å². The summed E-state index contributed by atoms with van der Waals surface area (Å²) in [5, 5.41) is 0. The Kier molecular flexibility index (Phi) is 10.3. The number of hydrogen-bond acceptors (Lipinski definition) is 6. The normalized spacial score (nSPS) is 13.2. The van der Waals surface area contributed by atoms with Crippen LogP contribution in [0.4, 0.5) is 0 Å². The number of likely N-dealkylation sites (N-methyl/N-ethyl adjacent to an activating group) is 1. The Bertz CT molecular complexity index is 870. The highest BCUT2D eigenvalue weighted by Crippen LogP contribution is 2.41. The van der Waals surface area contributed by atoms with Crippen molar-refractivity contribution in [2.45, 2.75) is 38.7 Å². The maximum absolute atomic E-state index is 6.18. The van der Waals surface area contributed by atoms with Gasteiger partial charge in [-0.25, -0.2) is 0 Å². The zero-order valence-electron chi connectivity index (χ0n) is 21.6. The minimum Gasteiger partial charge on any atom is -0.493 e. The van der Waals surface area contributed by atoms with Crippen LogP contribution in [0.3, 0.4) is 0 Å². The van der Waals surface area contributed by atoms with E-state index in [0.29, 0.717) is 5.92 Å². The van der Waals surface area contributed by atoms with Crippen LogP contribution < -0.4 is 18.9 Å². The first kappa shape index (κ1) is 26.8. The molecule has 2 rings (SSSR count). The second-order valence-electron chi connectivity index (χ2n) is 8.66. The molecule has 0 saturated heterocycles. The van der Waals surface area contributed by atoms with Gasteiger partial charge in [-0.1, -0.05) is 26.0 Å². The second-order valence-corrected chi connectivity index (χ2v) is 8.66. The van der Waals surface area contributed by atoms with Crippen LogP contribution in [-0.4, -0.2) is 60.6 Å². The molecule has 0 aromatic heterocycles. The van der Waals surface area contributed by atoms with Crippen molar-refractivity contribution in [2.24, 2.45) is 5.92 Å². The van der Waals surface area contributed by atoms with Gasteiger partial charge in [-0.15, -0.1) is 0 Å². The summed E-state index contributed by atoms with van der Waals surface area (Å²) >= 11 is 0. The van der Waals surface area contributed by atoms with Crippen molar-refractivity contribution in [3.8, 4) is 23.0 Å². The summed E-state index contributed by atoms with van der Waals surface area (Å²) in [6, 6.07) is 12.2. The Morgan fingerprint density at radius 1 is 0.758 bits per heavy atom. The standard InChI is InChI=1S/C27H41NO5/c1-20(2)27(33-8,22-11-13-24(30-5)26(19-22)32-7)15-9-16-28(3)17-14-21-10-12-23(29-4)25(18-21)31-6/h10-13,18-20H,9,14-17H2,1-8H3. The van der Waals surface area contributed by atoms with Gasteiger partial charge >= 0.3 is 0 Å². The van der Waals surface area contributed by atoms with Gasteiger partial charge in [0.25, 0.3) is 0 Å². The molecule has 2 aromatic carbocycles. The zero-order chi connectivity index (χ0) is 24.4. The minimum absolute atomic E-state index is 0.303. The molecule has 184 valence electrons. The molecule has 0 saturated carbocycles. The van der Waals surface area contributed by atoms with Crippen molar-refractivity contribution in [3.63, 3.8) is 0 Å². The molecule has 6 nitrogen and oxygen atoms in total. The van der Waals surface area contributed by atoms with Crippen molar-refractivity contribution in [3.05, 3.63) is 47.5 Å². The van der Waals surface area contributed by atoms with E-state index in [-0.39, 0.29) is 5.60 Å². The van der Waals surface area contributed by atoms with Gasteiger partial charge in [0.2, 0.25) is 0 Å². The van der Waals surface area contributed by atoms with E-state index in [1.165, 1.54) is 5.56 Å². The number of methoxy groups -OCH3 is 5. The van der Waals surface area contributed by atoms with E-state index in [9.17, 15) is 0 Å². The topological polar surface area (TPSA) is 49.4 Å². The zero-order valence-corrected chi connectivity index (χ0v) is 21.6. The molecule has 2 aromatic rings. The molecular formula is C27H41NO5. The summed E-state index contributed by atoms with van der Waals surface area (Å²) in [7, 11) is 10.6. The lowest BCUT2D eigenvalue weighted by Crippen LogP contribution is -2.36. The third-order valence-electron chi connectivity index (χ3n) is 6.49. The molecule has 0 heterocycles. The molecule has 0 aliphatic rings. The summed E-state index contributed by atoms with van der Waals surface area (Å²) in [5.74, 6) is 3.29. The van der Waals surface area contributed by atoms with E-state index in [1.54, 1.807) is 35.5 Å². The van der Waals surface area contributed by atoms with Gasteiger partial charge < -0.3 is 28.6 Å². The van der Waals surface area contributed by atoms with Crippen LogP contribution in [0.5, 0.6) is 23.0 Å². The summed E-state index contributed by atoms with van der Waals surface area (Å²) in [4.78, 5) is 2.37. The molecule has 0 aliphatic heterocycles. The average molecular weight is 460 g/mol. The summed E-state index contributed by atoms with van der Waals surface area (Å²) in [6.45, 7) is 6.37. The number of rotatable bonds is 14. The molecule has 0 radical (unpaired) electrons. The predicted octanol–water partition coefficient (Wildman–Crippen LogP) is 5.17. The lowest BCUT2D eigenvalue weighted by Gasteiger charge is -2.38. The van der Waals surface area contributed by atoms with Crippen LogP contribution in [0.1, 0.15) is 37.8 Å². The van der Waals surface area contributed by atoms with E-state index >= 15 is 0 Å². The fraction of sp³-hybridized carbons (Fsp3) is 0.556. The van der Waals surface area contributed by atoms with E-state index in [1.807, 2.05) is 18.2 Å². The number of ether oxygens (including phenoxy) is 5. The third kappa shape index (κ3) is 6.55. The maximum Gasteiger partial charge on any atom is 0.161 e. The summed E-state index contributed by atoms with van der Waals surface area (Å²) in [6.07, 6.45) is 2.88. The van der Waals surface area contributed by atoms with Gasteiger partial charge in [0, 0.05) is 13.7 Å². The van der Waals surface area contributed by atoms with Gasteiger partial charge in [-0.2, -0.15) is 0 Å². The van der Waals surface area contributed by atoms with Crippen LogP contribution in [0.2, 0.25) is 0 Å². The molecule has 6 heteroatoms. The van der Waals surface area contributed by atoms with Crippen LogP contribution in [0.15, 0.2) is 36.4 Å². The smallest absolute Gasteiger partial charge is 0.161 e. The quantitative estimate of drug-likeness (QED) is 0.388. The highest BCUT2D eigenvalue weighted by Gasteiger charge is 2.36. The van der Waals surface area contributed by atoms with Crippen LogP contribution in [-0.2, 0) is 16.8 Å². The molecule has 0 aliphatic carbocycles. The number of benzene rings is 2. The second kappa shape index (κ2) is 12.7. The first-order valence-electron chi connectivity index (χ1n) is 11.5. The molecule has 1 atom stereocenters. The first-order chi connectivity index (χ1) is 15.8. The Hall–Kier alpha value is -2.44. The monoisotopic (exact) mass is 459 g/mol. The molecule has 33 heavy (non-hydrogen) atoms. The van der Waals surface area contributed by atoms with Gasteiger partial charge in [-0.05, 0) is 74.2 Å². The van der Waals surface area contributed by atoms with Crippen molar-refractivity contribution < 1.29 is 23.7 Å². The van der Waals surface area contributed by atoms with Crippen molar-refractivity contribution in [1.29, 1.82) is 0 Å². The largest absolute Gasteiger partial charge is 0.493 e. The first-order valence-corrected chi connectivity index (χ1v) is 11.5. The Morgan fingerprint density at radius 2 is 1.33 bits per heavy atom. The molecular weight excluding hydrogens is 418 g/mol. The molecule has 0 bridgehead atoms. The number of nitrogens with zero attached hydrogens (tertiary/aromatic N) is 1. The number of hydrogen-bond donors (Lipinski definition) is 0. The molecule has 0 N–H and O–H groups in total. The lowest BCUT2D eigenvalue weighted by molar-refractivity contribution is -0.0629. The molecule has 0 spiro atoms. The van der Waals surface area contributed by atoms with Gasteiger partial charge in [0.15, 0.2) is 23.0 Å². The van der Waals surface area contributed by atoms with Crippen molar-refractivity contribution >= 4 is 0 Å². The fourth-order valence-electron chi connectivity index (χ4n) is 4.40. The SMILES string of the molecule is COc1ccc(CCN(C)CCCC(OC)(c2ccc(OC)c(OC)c2)C(C)C)cc1OC. The highest BCUT2D eigenvalue weighted by atomic mass is 16.5. The molecule has 0 fully saturated rings. The van der Waals surface area contributed by atoms with E-state index < -0.39 is 0 Å². The van der Waals surface area contributed by atoms with Gasteiger partial charge in [0.05, 0.1) is 34.0 Å². The van der Waals surface area contributed by atoms with Crippen molar-refractivity contribution in [2.75, 3.05) is 55.7 Å². The van der Waals surface area contributed by atoms with E-state index in [4.69, 9.17) is 23.7 Å². The predicted molar refractivity (Wildman–Crippen MR) is 133 cm³/mol. The Balaban J connectivity index is 2.01. The molecule has 1 unspecified atom stereocenters. The van der Waals surface area contributed by atoms with E-state index in [0.717, 1.165) is 60.9 Å². The van der Waals surface area contributed by atoms with Gasteiger partial charge in [-0.3, -0.25) is 0 Å². The fourth-order valence-corrected chi connectivity index (χ4v) is 4.40. The van der Waals surface area contributed by atoms with E-state index in [2.05, 4.69) is 44.0 Å². The third-order valence-corrected chi connectivity index (χ3v) is 6.49. The average Bonchev–Trinajstić information content (AvgIpc) is 2.84. The van der Waals surface area contributed by atoms with Crippen LogP contribution in [0.25, 0.3) is 0 Å². The maximum atomic E-state index is 6.18. The Morgan fingerprint density at radius 3 is 1.88 bits per heavy atom. The van der Waals surface area contributed by atoms with Crippen LogP contribution in [0, 0.1) is 5.92 Å². The van der Waals surface area contributed by atoms with Crippen molar-refractivity contribution in [1.82, 2.24) is 4.90 Å². The summed E-state index contributed by atoms with van der Waals surface area (Å²) < 4.78 is 27.9. The van der Waals surface area contributed by atoms with Gasteiger partial charge in [0.1, 0.15) is 0 Å². The summed E-state index contributed by atoms with van der Waals surface area (Å²) in [5.41, 5.74) is 1.97. The minimum atomic E-state index is -0.385. The lowest BCUT2D eigenvalue weighted by atomic mass is 9.79.